The van der Waals surface area contributed by atoms with Gasteiger partial charge in [-0.05, 0) is 86.6 Å². The molecule has 2 aromatic heterocycles. The highest BCUT2D eigenvalue weighted by Crippen LogP contribution is 2.28. The second-order valence-electron chi connectivity index (χ2n) is 9.91. The molecule has 34 heavy (non-hydrogen) atoms. The monoisotopic (exact) mass is 489 g/mol. The molecule has 0 atom stereocenters. The molecule has 4 rings (SSSR count). The van der Waals surface area contributed by atoms with Crippen LogP contribution in [0.15, 0.2) is 76.8 Å². The zero-order chi connectivity index (χ0) is 24.0. The predicted octanol–water partition coefficient (Wildman–Crippen LogP) is 8.77. The smallest absolute Gasteiger partial charge is 0.122 e. The van der Waals surface area contributed by atoms with Gasteiger partial charge >= 0.3 is 0 Å². The number of ether oxygens (including phenoxy) is 1. The van der Waals surface area contributed by atoms with E-state index < -0.39 is 0 Å². The first kappa shape index (κ1) is 24.7. The summed E-state index contributed by atoms with van der Waals surface area (Å²) >= 11 is 3.50. The highest BCUT2D eigenvalue weighted by molar-refractivity contribution is 7.10. The van der Waals surface area contributed by atoms with Crippen LogP contribution in [0.5, 0.6) is 5.75 Å². The minimum absolute atomic E-state index is 0.191. The summed E-state index contributed by atoms with van der Waals surface area (Å²) in [6.07, 6.45) is 1.14. The van der Waals surface area contributed by atoms with Crippen molar-refractivity contribution in [2.45, 2.75) is 59.2 Å². The van der Waals surface area contributed by atoms with Gasteiger partial charge in [0.05, 0.1) is 0 Å². The van der Waals surface area contributed by atoms with Crippen LogP contribution in [-0.4, -0.2) is 11.4 Å². The van der Waals surface area contributed by atoms with Gasteiger partial charge < -0.3 is 4.74 Å². The van der Waals surface area contributed by atoms with E-state index in [0.29, 0.717) is 6.61 Å². The Balaban J connectivity index is 1.36. The third-order valence-corrected chi connectivity index (χ3v) is 7.55. The van der Waals surface area contributed by atoms with E-state index in [2.05, 4.69) is 109 Å². The molecule has 0 radical (unpaired) electrons. The lowest BCUT2D eigenvalue weighted by Gasteiger charge is -2.23. The highest BCUT2D eigenvalue weighted by Gasteiger charge is 2.14. The van der Waals surface area contributed by atoms with Gasteiger partial charge in [0, 0.05) is 18.0 Å². The summed E-state index contributed by atoms with van der Waals surface area (Å²) in [5, 5.41) is 6.53. The molecule has 2 aromatic carbocycles. The lowest BCUT2D eigenvalue weighted by molar-refractivity contribution is 0.256. The van der Waals surface area contributed by atoms with Crippen molar-refractivity contribution in [2.24, 2.45) is 0 Å². The Morgan fingerprint density at radius 3 is 2.35 bits per heavy atom. The number of hydrogen-bond donors (Lipinski definition) is 0. The summed E-state index contributed by atoms with van der Waals surface area (Å²) in [7, 11) is 0. The fourth-order valence-electron chi connectivity index (χ4n) is 4.08. The molecule has 0 bridgehead atoms. The van der Waals surface area contributed by atoms with E-state index >= 15 is 0 Å². The molecule has 0 aliphatic heterocycles. The van der Waals surface area contributed by atoms with Crippen LogP contribution in [0.25, 0.3) is 11.1 Å². The van der Waals surface area contributed by atoms with Crippen LogP contribution in [0.1, 0.15) is 55.7 Å². The van der Waals surface area contributed by atoms with Gasteiger partial charge in [-0.25, -0.2) is 0 Å². The van der Waals surface area contributed by atoms with Crippen LogP contribution in [0.3, 0.4) is 0 Å². The van der Waals surface area contributed by atoms with Crippen molar-refractivity contribution in [1.82, 2.24) is 4.90 Å². The third-order valence-electron chi connectivity index (χ3n) is 5.96. The maximum absolute atomic E-state index is 6.16. The Morgan fingerprint density at radius 2 is 1.65 bits per heavy atom. The van der Waals surface area contributed by atoms with Gasteiger partial charge in [0.25, 0.3) is 0 Å². The minimum atomic E-state index is 0.191. The van der Waals surface area contributed by atoms with Crippen LogP contribution >= 0.6 is 22.7 Å². The molecule has 0 N–H and O–H groups in total. The SMILES string of the molecule is CCCN(Cc1ccc(C(C)(C)C)cc1)Cc1cccc(OCc2cc(-c3ccsc3)cs2)c1. The summed E-state index contributed by atoms with van der Waals surface area (Å²) in [5.41, 5.74) is 6.81. The van der Waals surface area contributed by atoms with E-state index in [-0.39, 0.29) is 5.41 Å². The fraction of sp³-hybridized carbons (Fsp3) is 0.333. The molecule has 0 amide bonds. The predicted molar refractivity (Wildman–Crippen MR) is 148 cm³/mol. The summed E-state index contributed by atoms with van der Waals surface area (Å²) in [6.45, 7) is 12.6. The number of thiophene rings is 2. The average molecular weight is 490 g/mol. The summed E-state index contributed by atoms with van der Waals surface area (Å²) in [5.74, 6) is 0.939. The van der Waals surface area contributed by atoms with Crippen LogP contribution < -0.4 is 4.74 Å². The third kappa shape index (κ3) is 6.82. The zero-order valence-electron chi connectivity index (χ0n) is 20.7. The van der Waals surface area contributed by atoms with Gasteiger partial charge in [-0.3, -0.25) is 4.90 Å². The first-order chi connectivity index (χ1) is 16.4. The van der Waals surface area contributed by atoms with Gasteiger partial charge in [0.1, 0.15) is 12.4 Å². The molecule has 0 fully saturated rings. The maximum atomic E-state index is 6.16. The van der Waals surface area contributed by atoms with E-state index in [1.165, 1.54) is 32.7 Å². The second-order valence-corrected chi connectivity index (χ2v) is 11.7. The Morgan fingerprint density at radius 1 is 0.853 bits per heavy atom. The van der Waals surface area contributed by atoms with Crippen LogP contribution in [0.4, 0.5) is 0 Å². The van der Waals surface area contributed by atoms with Crippen molar-refractivity contribution in [2.75, 3.05) is 6.54 Å². The lowest BCUT2D eigenvalue weighted by atomic mass is 9.87. The van der Waals surface area contributed by atoms with Crippen molar-refractivity contribution in [3.63, 3.8) is 0 Å². The Hall–Kier alpha value is -2.40. The zero-order valence-corrected chi connectivity index (χ0v) is 22.3. The van der Waals surface area contributed by atoms with Crippen molar-refractivity contribution in [3.05, 3.63) is 98.4 Å². The lowest BCUT2D eigenvalue weighted by Crippen LogP contribution is -2.23. The van der Waals surface area contributed by atoms with E-state index in [1.54, 1.807) is 22.7 Å². The van der Waals surface area contributed by atoms with Crippen LogP contribution in [0.2, 0.25) is 0 Å². The number of rotatable bonds is 10. The van der Waals surface area contributed by atoms with Crippen LogP contribution in [-0.2, 0) is 25.1 Å². The first-order valence-electron chi connectivity index (χ1n) is 12.0. The number of nitrogens with zero attached hydrogens (tertiary/aromatic N) is 1. The van der Waals surface area contributed by atoms with E-state index in [4.69, 9.17) is 4.74 Å². The topological polar surface area (TPSA) is 12.5 Å². The molecule has 0 aliphatic carbocycles. The molecule has 0 spiro atoms. The van der Waals surface area contributed by atoms with Crippen molar-refractivity contribution < 1.29 is 4.74 Å². The van der Waals surface area contributed by atoms with Gasteiger partial charge in [-0.15, -0.1) is 11.3 Å². The Bertz CT molecular complexity index is 1150. The molecule has 0 unspecified atom stereocenters. The molecule has 0 saturated heterocycles. The molecule has 0 aliphatic rings. The first-order valence-corrected chi connectivity index (χ1v) is 13.9. The Labute approximate surface area is 212 Å². The van der Waals surface area contributed by atoms with Gasteiger partial charge in [0.2, 0.25) is 0 Å². The van der Waals surface area contributed by atoms with E-state index in [0.717, 1.165) is 31.8 Å². The molecular formula is C30H35NOS2. The molecular weight excluding hydrogens is 454 g/mol. The molecule has 2 nitrogen and oxygen atoms in total. The standard InChI is InChI=1S/C30H35NOS2/c1-5-14-31(18-23-9-11-27(12-10-23)30(2,3)4)19-24-7-6-8-28(16-24)32-20-29-17-26(22-34-29)25-13-15-33-21-25/h6-13,15-17,21-22H,5,14,18-20H2,1-4H3. The number of benzene rings is 2. The van der Waals surface area contributed by atoms with Crippen molar-refractivity contribution in [1.29, 1.82) is 0 Å². The van der Waals surface area contributed by atoms with Gasteiger partial charge in [0.15, 0.2) is 0 Å². The summed E-state index contributed by atoms with van der Waals surface area (Å²) in [6, 6.07) is 22.1. The van der Waals surface area contributed by atoms with Gasteiger partial charge in [-0.2, -0.15) is 11.3 Å². The molecule has 178 valence electrons. The fourth-order valence-corrected chi connectivity index (χ4v) is 5.55. The van der Waals surface area contributed by atoms with Crippen molar-refractivity contribution in [3.8, 4) is 16.9 Å². The Kier molecular flexibility index (Phi) is 8.25. The summed E-state index contributed by atoms with van der Waals surface area (Å²) in [4.78, 5) is 3.77. The van der Waals surface area contributed by atoms with E-state index in [9.17, 15) is 0 Å². The molecule has 4 aromatic rings. The second kappa shape index (κ2) is 11.4. The molecule has 4 heteroatoms. The summed E-state index contributed by atoms with van der Waals surface area (Å²) < 4.78 is 6.16. The normalized spacial score (nSPS) is 11.8. The molecule has 0 saturated carbocycles. The van der Waals surface area contributed by atoms with Gasteiger partial charge in [-0.1, -0.05) is 64.1 Å². The minimum Gasteiger partial charge on any atom is -0.488 e. The average Bonchev–Trinajstić information content (AvgIpc) is 3.50. The quantitative estimate of drug-likeness (QED) is 0.221. The largest absolute Gasteiger partial charge is 0.488 e. The molecule has 2 heterocycles. The van der Waals surface area contributed by atoms with Crippen LogP contribution in [0, 0.1) is 0 Å². The maximum Gasteiger partial charge on any atom is 0.122 e. The van der Waals surface area contributed by atoms with Crippen molar-refractivity contribution >= 4 is 22.7 Å². The number of hydrogen-bond acceptors (Lipinski definition) is 4. The van der Waals surface area contributed by atoms with E-state index in [1.807, 2.05) is 0 Å². The highest BCUT2D eigenvalue weighted by atomic mass is 32.1.